The molecule has 27 heavy (non-hydrogen) atoms. The van der Waals surface area contributed by atoms with Gasteiger partial charge in [0.15, 0.2) is 0 Å². The second kappa shape index (κ2) is 10.1. The van der Waals surface area contributed by atoms with E-state index in [0.29, 0.717) is 24.9 Å². The van der Waals surface area contributed by atoms with Crippen molar-refractivity contribution in [3.63, 3.8) is 0 Å². The molecule has 1 atom stereocenters. The van der Waals surface area contributed by atoms with Crippen molar-refractivity contribution >= 4 is 5.91 Å². The molecule has 2 aliphatic heterocycles. The molecule has 0 aromatic heterocycles. The van der Waals surface area contributed by atoms with Crippen molar-refractivity contribution in [3.05, 3.63) is 29.8 Å². The van der Waals surface area contributed by atoms with Crippen LogP contribution in [0.4, 0.5) is 0 Å². The minimum absolute atomic E-state index is 0.112. The summed E-state index contributed by atoms with van der Waals surface area (Å²) in [6.45, 7) is 6.20. The fraction of sp³-hybridized carbons (Fsp3) is 0.667. The van der Waals surface area contributed by atoms with E-state index in [9.17, 15) is 9.90 Å². The lowest BCUT2D eigenvalue weighted by Crippen LogP contribution is -2.50. The number of hydrogen-bond donors (Lipinski definition) is 2. The minimum atomic E-state index is 0.112. The van der Waals surface area contributed by atoms with Crippen molar-refractivity contribution < 1.29 is 14.6 Å². The van der Waals surface area contributed by atoms with Gasteiger partial charge in [-0.05, 0) is 63.0 Å². The molecule has 6 nitrogen and oxygen atoms in total. The zero-order valence-corrected chi connectivity index (χ0v) is 16.4. The molecule has 6 heteroatoms. The van der Waals surface area contributed by atoms with E-state index in [2.05, 4.69) is 21.2 Å². The Labute approximate surface area is 162 Å². The number of nitrogens with one attached hydrogen (secondary N) is 1. The highest BCUT2D eigenvalue weighted by Gasteiger charge is 2.31. The smallest absolute Gasteiger partial charge is 0.224 e. The summed E-state index contributed by atoms with van der Waals surface area (Å²) in [5.41, 5.74) is 1.17. The lowest BCUT2D eigenvalue weighted by Gasteiger charge is -2.42. The van der Waals surface area contributed by atoms with Gasteiger partial charge in [-0.25, -0.2) is 0 Å². The highest BCUT2D eigenvalue weighted by molar-refractivity contribution is 5.78. The topological polar surface area (TPSA) is 65.0 Å². The average molecular weight is 376 g/mol. The number of piperidine rings is 2. The van der Waals surface area contributed by atoms with Crippen LogP contribution in [0.25, 0.3) is 0 Å². The Bertz CT molecular complexity index is 602. The van der Waals surface area contributed by atoms with Gasteiger partial charge in [-0.1, -0.05) is 12.1 Å². The average Bonchev–Trinajstić information content (AvgIpc) is 2.69. The molecule has 150 valence electrons. The number of methoxy groups -OCH3 is 1. The largest absolute Gasteiger partial charge is 0.508 e. The van der Waals surface area contributed by atoms with E-state index in [1.807, 2.05) is 12.1 Å². The van der Waals surface area contributed by atoms with Crippen LogP contribution in [0.3, 0.4) is 0 Å². The first-order valence-corrected chi connectivity index (χ1v) is 10.2. The van der Waals surface area contributed by atoms with Crippen molar-refractivity contribution in [1.82, 2.24) is 15.1 Å². The standard InChI is InChI=1S/C21H33N3O3/c1-27-13-9-22-21(26)18-5-3-10-24(16-18)19-7-11-23(12-8-19)15-17-4-2-6-20(25)14-17/h2,4,6,14,18-19,25H,3,5,7-13,15-16H2,1H3,(H,22,26). The van der Waals surface area contributed by atoms with Gasteiger partial charge < -0.3 is 15.2 Å². The first-order valence-electron chi connectivity index (χ1n) is 10.2. The van der Waals surface area contributed by atoms with E-state index in [0.717, 1.165) is 58.4 Å². The molecular weight excluding hydrogens is 342 g/mol. The molecule has 2 saturated heterocycles. The van der Waals surface area contributed by atoms with E-state index >= 15 is 0 Å². The van der Waals surface area contributed by atoms with Crippen LogP contribution in [0.15, 0.2) is 24.3 Å². The van der Waals surface area contributed by atoms with Gasteiger partial charge in [0.05, 0.1) is 12.5 Å². The maximum absolute atomic E-state index is 12.4. The molecule has 0 aliphatic carbocycles. The summed E-state index contributed by atoms with van der Waals surface area (Å²) in [5, 5.41) is 12.6. The molecule has 2 fully saturated rings. The number of ether oxygens (including phenoxy) is 1. The van der Waals surface area contributed by atoms with Crippen LogP contribution >= 0.6 is 0 Å². The number of phenols is 1. The van der Waals surface area contributed by atoms with E-state index in [1.165, 1.54) is 5.56 Å². The number of amides is 1. The number of carbonyl (C=O) groups is 1. The van der Waals surface area contributed by atoms with Crippen LogP contribution < -0.4 is 5.32 Å². The van der Waals surface area contributed by atoms with Crippen molar-refractivity contribution in [3.8, 4) is 5.75 Å². The third kappa shape index (κ3) is 5.92. The van der Waals surface area contributed by atoms with Crippen LogP contribution in [0, 0.1) is 5.92 Å². The van der Waals surface area contributed by atoms with Crippen LogP contribution in [0.5, 0.6) is 5.75 Å². The van der Waals surface area contributed by atoms with Gasteiger partial charge in [0.2, 0.25) is 5.91 Å². The Balaban J connectivity index is 1.44. The van der Waals surface area contributed by atoms with Crippen molar-refractivity contribution in [2.75, 3.05) is 46.4 Å². The van der Waals surface area contributed by atoms with Gasteiger partial charge in [-0.15, -0.1) is 0 Å². The Morgan fingerprint density at radius 1 is 1.26 bits per heavy atom. The summed E-state index contributed by atoms with van der Waals surface area (Å²) < 4.78 is 5.01. The van der Waals surface area contributed by atoms with Gasteiger partial charge in [-0.3, -0.25) is 14.6 Å². The molecule has 0 spiro atoms. The quantitative estimate of drug-likeness (QED) is 0.712. The second-order valence-corrected chi connectivity index (χ2v) is 7.80. The molecule has 1 unspecified atom stereocenters. The molecule has 2 heterocycles. The molecular formula is C21H33N3O3. The van der Waals surface area contributed by atoms with Crippen molar-refractivity contribution in [2.24, 2.45) is 5.92 Å². The molecule has 2 aliphatic rings. The lowest BCUT2D eigenvalue weighted by molar-refractivity contribution is -0.127. The van der Waals surface area contributed by atoms with E-state index in [1.54, 1.807) is 13.2 Å². The number of benzene rings is 1. The SMILES string of the molecule is COCCNC(=O)C1CCCN(C2CCN(Cc3cccc(O)c3)CC2)C1. The minimum Gasteiger partial charge on any atom is -0.508 e. The maximum Gasteiger partial charge on any atom is 0.224 e. The van der Waals surface area contributed by atoms with Gasteiger partial charge in [0.25, 0.3) is 0 Å². The van der Waals surface area contributed by atoms with Crippen LogP contribution in [0.1, 0.15) is 31.2 Å². The molecule has 0 saturated carbocycles. The second-order valence-electron chi connectivity index (χ2n) is 7.80. The van der Waals surface area contributed by atoms with E-state index < -0.39 is 0 Å². The number of carbonyl (C=O) groups excluding carboxylic acids is 1. The zero-order valence-electron chi connectivity index (χ0n) is 16.4. The number of aromatic hydroxyl groups is 1. The molecule has 3 rings (SSSR count). The predicted molar refractivity (Wildman–Crippen MR) is 106 cm³/mol. The molecule has 1 aromatic rings. The van der Waals surface area contributed by atoms with Crippen LogP contribution in [-0.4, -0.2) is 73.3 Å². The fourth-order valence-corrected chi connectivity index (χ4v) is 4.33. The van der Waals surface area contributed by atoms with Crippen molar-refractivity contribution in [1.29, 1.82) is 0 Å². The third-order valence-corrected chi connectivity index (χ3v) is 5.82. The third-order valence-electron chi connectivity index (χ3n) is 5.82. The fourth-order valence-electron chi connectivity index (χ4n) is 4.33. The number of likely N-dealkylation sites (tertiary alicyclic amines) is 2. The normalized spacial score (nSPS) is 22.6. The molecule has 0 radical (unpaired) electrons. The highest BCUT2D eigenvalue weighted by atomic mass is 16.5. The predicted octanol–water partition coefficient (Wildman–Crippen LogP) is 1.83. The first-order chi connectivity index (χ1) is 13.2. The van der Waals surface area contributed by atoms with Gasteiger partial charge >= 0.3 is 0 Å². The van der Waals surface area contributed by atoms with Gasteiger partial charge in [0, 0.05) is 32.8 Å². The Kier molecular flexibility index (Phi) is 7.50. The molecule has 0 bridgehead atoms. The van der Waals surface area contributed by atoms with Gasteiger partial charge in [0.1, 0.15) is 5.75 Å². The van der Waals surface area contributed by atoms with E-state index in [-0.39, 0.29) is 11.8 Å². The van der Waals surface area contributed by atoms with E-state index in [4.69, 9.17) is 4.74 Å². The van der Waals surface area contributed by atoms with Gasteiger partial charge in [-0.2, -0.15) is 0 Å². The summed E-state index contributed by atoms with van der Waals surface area (Å²) >= 11 is 0. The molecule has 2 N–H and O–H groups in total. The Hall–Kier alpha value is -1.63. The maximum atomic E-state index is 12.4. The Morgan fingerprint density at radius 2 is 2.07 bits per heavy atom. The molecule has 1 amide bonds. The first kappa shape index (κ1) is 20.1. The summed E-state index contributed by atoms with van der Waals surface area (Å²) in [6, 6.07) is 8.13. The Morgan fingerprint density at radius 3 is 2.81 bits per heavy atom. The zero-order chi connectivity index (χ0) is 19.1. The summed E-state index contributed by atoms with van der Waals surface area (Å²) in [5.74, 6) is 0.629. The lowest BCUT2D eigenvalue weighted by atomic mass is 9.93. The van der Waals surface area contributed by atoms with Crippen LogP contribution in [-0.2, 0) is 16.1 Å². The number of hydrogen-bond acceptors (Lipinski definition) is 5. The summed E-state index contributed by atoms with van der Waals surface area (Å²) in [7, 11) is 1.65. The van der Waals surface area contributed by atoms with Crippen LogP contribution in [0.2, 0.25) is 0 Å². The number of nitrogens with zero attached hydrogens (tertiary/aromatic N) is 2. The highest BCUT2D eigenvalue weighted by Crippen LogP contribution is 2.25. The summed E-state index contributed by atoms with van der Waals surface area (Å²) in [4.78, 5) is 17.4. The molecule has 1 aromatic carbocycles. The number of phenolic OH excluding ortho intramolecular Hbond substituents is 1. The van der Waals surface area contributed by atoms with Crippen molar-refractivity contribution in [2.45, 2.75) is 38.3 Å². The number of rotatable bonds is 7. The monoisotopic (exact) mass is 375 g/mol. The summed E-state index contributed by atoms with van der Waals surface area (Å²) in [6.07, 6.45) is 4.39.